The number of phenols is 1. The molecule has 0 spiro atoms. The van der Waals surface area contributed by atoms with Gasteiger partial charge in [-0.05, 0) is 24.5 Å². The van der Waals surface area contributed by atoms with E-state index in [1.165, 1.54) is 70.6 Å². The van der Waals surface area contributed by atoms with Crippen molar-refractivity contribution in [1.82, 2.24) is 0 Å². The van der Waals surface area contributed by atoms with E-state index in [1.54, 1.807) is 6.07 Å². The third-order valence-corrected chi connectivity index (χ3v) is 4.04. The van der Waals surface area contributed by atoms with Gasteiger partial charge in [0.05, 0.1) is 0 Å². The average Bonchev–Trinajstić information content (AvgIpc) is 2.46. The Kier molecular flexibility index (Phi) is 14.6. The second-order valence-corrected chi connectivity index (χ2v) is 5.91. The van der Waals surface area contributed by atoms with Crippen molar-refractivity contribution in [2.24, 2.45) is 0 Å². The number of rotatable bonds is 12. The lowest BCUT2D eigenvalue weighted by Crippen LogP contribution is -1.87. The van der Waals surface area contributed by atoms with E-state index in [4.69, 9.17) is 0 Å². The largest absolute Gasteiger partial charge is 0.508 e. The van der Waals surface area contributed by atoms with Crippen molar-refractivity contribution in [3.05, 3.63) is 29.8 Å². The zero-order valence-electron chi connectivity index (χ0n) is 13.2. The molecule has 1 N–H and O–H groups in total. The van der Waals surface area contributed by atoms with Gasteiger partial charge in [-0.2, -0.15) is 0 Å². The van der Waals surface area contributed by atoms with Gasteiger partial charge in [0.1, 0.15) is 5.75 Å². The molecule has 2 heteroatoms. The highest BCUT2D eigenvalue weighted by Crippen LogP contribution is 2.19. The topological polar surface area (TPSA) is 20.2 Å². The molecular formula is C19H34MgO. The lowest BCUT2D eigenvalue weighted by molar-refractivity contribution is 0.466. The molecule has 0 aliphatic heterocycles. The minimum absolute atomic E-state index is 0. The van der Waals surface area contributed by atoms with Crippen molar-refractivity contribution in [2.75, 3.05) is 0 Å². The van der Waals surface area contributed by atoms with Crippen molar-refractivity contribution in [3.63, 3.8) is 0 Å². The molecule has 0 unspecified atom stereocenters. The molecule has 1 aromatic carbocycles. The van der Waals surface area contributed by atoms with Crippen LogP contribution in [0.25, 0.3) is 0 Å². The Bertz CT molecular complexity index is 338. The molecule has 0 aromatic heterocycles. The molecule has 0 bridgehead atoms. The molecule has 0 fully saturated rings. The smallest absolute Gasteiger partial charge is 0.316 e. The molecule has 1 aromatic rings. The zero-order valence-corrected chi connectivity index (χ0v) is 13.2. The molecule has 0 heterocycles. The Morgan fingerprint density at radius 1 is 0.714 bits per heavy atom. The van der Waals surface area contributed by atoms with Crippen LogP contribution in [-0.4, -0.2) is 28.2 Å². The van der Waals surface area contributed by atoms with Gasteiger partial charge in [-0.3, -0.25) is 0 Å². The summed E-state index contributed by atoms with van der Waals surface area (Å²) >= 11 is 0. The summed E-state index contributed by atoms with van der Waals surface area (Å²) in [6, 6.07) is 7.71. The summed E-state index contributed by atoms with van der Waals surface area (Å²) in [4.78, 5) is 0. The summed E-state index contributed by atoms with van der Waals surface area (Å²) in [5.74, 6) is 0.458. The first-order valence-corrected chi connectivity index (χ1v) is 8.61. The Balaban J connectivity index is 0.00000400. The van der Waals surface area contributed by atoms with Crippen molar-refractivity contribution in [2.45, 2.75) is 84.0 Å². The van der Waals surface area contributed by atoms with Gasteiger partial charge in [0, 0.05) is 0 Å². The molecule has 0 saturated heterocycles. The summed E-state index contributed by atoms with van der Waals surface area (Å²) in [6.07, 6.45) is 16.1. The number of aryl methyl sites for hydroxylation is 1. The standard InChI is InChI=1S/C19H32O.Mg.2H/c1-2-3-4-5-6-7-8-9-10-11-12-15-18-16-13-14-17-19(18)20;;;/h13-14,16-17,20H,2-12,15H2,1H3;;;. The summed E-state index contributed by atoms with van der Waals surface area (Å²) in [7, 11) is 0. The Morgan fingerprint density at radius 2 is 1.19 bits per heavy atom. The number of para-hydroxylation sites is 1. The molecule has 21 heavy (non-hydrogen) atoms. The molecule has 1 rings (SSSR count). The van der Waals surface area contributed by atoms with Crippen LogP contribution >= 0.6 is 0 Å². The van der Waals surface area contributed by atoms with Crippen molar-refractivity contribution in [3.8, 4) is 5.75 Å². The second-order valence-electron chi connectivity index (χ2n) is 5.91. The van der Waals surface area contributed by atoms with Gasteiger partial charge in [0.25, 0.3) is 0 Å². The van der Waals surface area contributed by atoms with Gasteiger partial charge in [-0.15, -0.1) is 0 Å². The normalized spacial score (nSPS) is 10.3. The van der Waals surface area contributed by atoms with Crippen LogP contribution in [0.15, 0.2) is 24.3 Å². The minimum Gasteiger partial charge on any atom is -0.508 e. The van der Waals surface area contributed by atoms with Gasteiger partial charge >= 0.3 is 23.1 Å². The summed E-state index contributed by atoms with van der Waals surface area (Å²) in [6.45, 7) is 2.27. The van der Waals surface area contributed by atoms with Crippen LogP contribution in [0.3, 0.4) is 0 Å². The van der Waals surface area contributed by atoms with Crippen LogP contribution in [0, 0.1) is 0 Å². The molecule has 118 valence electrons. The van der Waals surface area contributed by atoms with Crippen LogP contribution in [0.5, 0.6) is 5.75 Å². The first-order valence-electron chi connectivity index (χ1n) is 8.61. The Morgan fingerprint density at radius 3 is 1.71 bits per heavy atom. The minimum atomic E-state index is 0. The highest BCUT2D eigenvalue weighted by molar-refractivity contribution is 5.75. The predicted molar refractivity (Wildman–Crippen MR) is 96.8 cm³/mol. The molecule has 1 nitrogen and oxygen atoms in total. The number of aromatic hydroxyl groups is 1. The lowest BCUT2D eigenvalue weighted by atomic mass is 10.0. The van der Waals surface area contributed by atoms with E-state index in [9.17, 15) is 5.11 Å². The molecule has 0 aliphatic rings. The fraction of sp³-hybridized carbons (Fsp3) is 0.684. The molecule has 0 atom stereocenters. The maximum atomic E-state index is 9.67. The molecule has 0 aliphatic carbocycles. The van der Waals surface area contributed by atoms with Gasteiger partial charge in [-0.25, -0.2) is 0 Å². The van der Waals surface area contributed by atoms with E-state index in [-0.39, 0.29) is 23.1 Å². The summed E-state index contributed by atoms with van der Waals surface area (Å²) < 4.78 is 0. The fourth-order valence-corrected chi connectivity index (χ4v) is 2.70. The van der Waals surface area contributed by atoms with Crippen LogP contribution in [0.4, 0.5) is 0 Å². The predicted octanol–water partition coefficient (Wildman–Crippen LogP) is 5.33. The van der Waals surface area contributed by atoms with E-state index in [2.05, 4.69) is 6.92 Å². The monoisotopic (exact) mass is 302 g/mol. The third-order valence-electron chi connectivity index (χ3n) is 4.04. The maximum Gasteiger partial charge on any atom is 0.316 e. The van der Waals surface area contributed by atoms with Crippen LogP contribution in [0.2, 0.25) is 0 Å². The van der Waals surface area contributed by atoms with E-state index < -0.39 is 0 Å². The first kappa shape index (κ1) is 20.8. The van der Waals surface area contributed by atoms with Crippen molar-refractivity contribution >= 4 is 23.1 Å². The molecule has 0 saturated carbocycles. The van der Waals surface area contributed by atoms with Gasteiger partial charge in [0.15, 0.2) is 0 Å². The lowest BCUT2D eigenvalue weighted by Gasteiger charge is -2.04. The van der Waals surface area contributed by atoms with Crippen molar-refractivity contribution in [1.29, 1.82) is 0 Å². The van der Waals surface area contributed by atoms with E-state index in [1.807, 2.05) is 18.2 Å². The number of hydrogen-bond acceptors (Lipinski definition) is 1. The third kappa shape index (κ3) is 11.1. The number of benzene rings is 1. The maximum absolute atomic E-state index is 9.67. The van der Waals surface area contributed by atoms with E-state index >= 15 is 0 Å². The highest BCUT2D eigenvalue weighted by atomic mass is 24.3. The van der Waals surface area contributed by atoms with Crippen LogP contribution in [-0.2, 0) is 6.42 Å². The Labute approximate surface area is 147 Å². The van der Waals surface area contributed by atoms with Gasteiger partial charge in [-0.1, -0.05) is 89.3 Å². The number of unbranched alkanes of at least 4 members (excludes halogenated alkanes) is 10. The van der Waals surface area contributed by atoms with Crippen LogP contribution < -0.4 is 0 Å². The molecule has 0 radical (unpaired) electrons. The molecule has 0 amide bonds. The van der Waals surface area contributed by atoms with Crippen LogP contribution in [0.1, 0.15) is 83.1 Å². The van der Waals surface area contributed by atoms with E-state index in [0.29, 0.717) is 5.75 Å². The quantitative estimate of drug-likeness (QED) is 0.409. The number of hydrogen-bond donors (Lipinski definition) is 1. The fourth-order valence-electron chi connectivity index (χ4n) is 2.70. The summed E-state index contributed by atoms with van der Waals surface area (Å²) in [5, 5.41) is 9.67. The zero-order chi connectivity index (χ0) is 14.5. The first-order chi connectivity index (χ1) is 9.84. The molecular weight excluding hydrogens is 269 g/mol. The van der Waals surface area contributed by atoms with Crippen molar-refractivity contribution < 1.29 is 5.11 Å². The van der Waals surface area contributed by atoms with Gasteiger partial charge in [0.2, 0.25) is 0 Å². The highest BCUT2D eigenvalue weighted by Gasteiger charge is 1.99. The second kappa shape index (κ2) is 14.7. The number of phenolic OH excluding ortho intramolecular Hbond substituents is 1. The van der Waals surface area contributed by atoms with E-state index in [0.717, 1.165) is 12.0 Å². The average molecular weight is 303 g/mol. The summed E-state index contributed by atoms with van der Waals surface area (Å²) in [5.41, 5.74) is 1.10. The Hall–Kier alpha value is -0.214. The van der Waals surface area contributed by atoms with Gasteiger partial charge < -0.3 is 5.11 Å². The SMILES string of the molecule is CCCCCCCCCCCCCc1ccccc1O.[MgH2].